The minimum Gasteiger partial charge on any atom is -0.398 e. The summed E-state index contributed by atoms with van der Waals surface area (Å²) < 4.78 is 11.6. The molecule has 0 aliphatic carbocycles. The highest BCUT2D eigenvalue weighted by molar-refractivity contribution is 6.61. The molecule has 0 unspecified atom stereocenters. The van der Waals surface area contributed by atoms with E-state index < -0.39 is 24.0 Å². The second-order valence-electron chi connectivity index (χ2n) is 4.92. The number of hydrogen-bond donors (Lipinski definition) is 1. The zero-order chi connectivity index (χ0) is 12.0. The van der Waals surface area contributed by atoms with Crippen LogP contribution in [0, 0.1) is 0 Å². The fraction of sp³-hybridized carbons (Fsp3) is 0.600. The van der Waals surface area contributed by atoms with Crippen molar-refractivity contribution in [3.05, 3.63) is 22.7 Å². The van der Waals surface area contributed by atoms with Gasteiger partial charge in [-0.15, -0.1) is 0 Å². The predicted octanol–water partition coefficient (Wildman–Crippen LogP) is 0.0691. The molecule has 6 heteroatoms. The molecule has 86 valence electrons. The fourth-order valence-corrected chi connectivity index (χ4v) is 1.49. The maximum atomic E-state index is 11.1. The average Bonchev–Trinajstić information content (AvgIpc) is 2.36. The second-order valence-corrected chi connectivity index (χ2v) is 4.92. The van der Waals surface area contributed by atoms with Gasteiger partial charge in [-0.25, -0.2) is 9.78 Å². The zero-order valence-corrected chi connectivity index (χ0v) is 9.90. The summed E-state index contributed by atoms with van der Waals surface area (Å²) in [5, 5.41) is 0. The fourth-order valence-electron chi connectivity index (χ4n) is 1.49. The largest absolute Gasteiger partial charge is 0.512 e. The van der Waals surface area contributed by atoms with Crippen LogP contribution in [-0.4, -0.2) is 28.3 Å². The van der Waals surface area contributed by atoms with E-state index in [0.29, 0.717) is 5.59 Å². The van der Waals surface area contributed by atoms with E-state index in [2.05, 4.69) is 9.97 Å². The summed E-state index contributed by atoms with van der Waals surface area (Å²) in [4.78, 5) is 17.3. The first-order valence-corrected chi connectivity index (χ1v) is 5.23. The van der Waals surface area contributed by atoms with Gasteiger partial charge in [0.1, 0.15) is 0 Å². The number of hydrogen-bond acceptors (Lipinski definition) is 4. The van der Waals surface area contributed by atoms with Crippen molar-refractivity contribution < 1.29 is 9.31 Å². The monoisotopic (exact) mass is 222 g/mol. The Balaban J connectivity index is 2.30. The minimum atomic E-state index is -0.541. The highest BCUT2D eigenvalue weighted by Gasteiger charge is 2.52. The van der Waals surface area contributed by atoms with Crippen LogP contribution in [0.1, 0.15) is 27.7 Å². The molecule has 0 radical (unpaired) electrons. The maximum Gasteiger partial charge on any atom is 0.512 e. The quantitative estimate of drug-likeness (QED) is 0.683. The third-order valence-electron chi connectivity index (χ3n) is 3.20. The molecular formula is C10H15BN2O3. The van der Waals surface area contributed by atoms with Gasteiger partial charge in [-0.1, -0.05) is 0 Å². The number of nitrogens with one attached hydrogen (secondary N) is 1. The summed E-state index contributed by atoms with van der Waals surface area (Å²) in [5.74, 6) is 0. The lowest BCUT2D eigenvalue weighted by atomic mass is 9.85. The van der Waals surface area contributed by atoms with E-state index in [1.807, 2.05) is 27.7 Å². The number of nitrogens with zero attached hydrogens (tertiary/aromatic N) is 1. The third kappa shape index (κ3) is 1.78. The Labute approximate surface area is 94.3 Å². The Morgan fingerprint density at radius 2 is 1.81 bits per heavy atom. The molecule has 2 heterocycles. The number of H-pyrrole nitrogens is 1. The van der Waals surface area contributed by atoms with Crippen molar-refractivity contribution in [1.82, 2.24) is 9.97 Å². The Hall–Kier alpha value is -1.14. The van der Waals surface area contributed by atoms with E-state index in [9.17, 15) is 4.79 Å². The normalized spacial score (nSPS) is 22.4. The number of rotatable bonds is 1. The molecule has 1 aliphatic rings. The molecule has 1 aliphatic heterocycles. The van der Waals surface area contributed by atoms with Crippen LogP contribution in [0.3, 0.4) is 0 Å². The van der Waals surface area contributed by atoms with Crippen molar-refractivity contribution in [3.63, 3.8) is 0 Å². The van der Waals surface area contributed by atoms with E-state index in [1.54, 1.807) is 6.07 Å². The Kier molecular flexibility index (Phi) is 2.43. The predicted molar refractivity (Wildman–Crippen MR) is 60.6 cm³/mol. The van der Waals surface area contributed by atoms with Gasteiger partial charge in [0.25, 0.3) is 0 Å². The van der Waals surface area contributed by atoms with Crippen LogP contribution in [0.2, 0.25) is 0 Å². The van der Waals surface area contributed by atoms with Gasteiger partial charge >= 0.3 is 12.8 Å². The van der Waals surface area contributed by atoms with Gasteiger partial charge in [-0.3, -0.25) is 0 Å². The molecule has 0 aromatic carbocycles. The molecule has 0 bridgehead atoms. The molecule has 0 saturated carbocycles. The molecule has 1 aromatic heterocycles. The minimum absolute atomic E-state index is 0.396. The van der Waals surface area contributed by atoms with Crippen LogP contribution >= 0.6 is 0 Å². The van der Waals surface area contributed by atoms with Crippen molar-refractivity contribution >= 4 is 12.7 Å². The first-order chi connectivity index (χ1) is 7.32. The SMILES string of the molecule is CC1(C)OB(c2ccnc(=O)[nH]2)OC1(C)C. The lowest BCUT2D eigenvalue weighted by Gasteiger charge is -2.32. The van der Waals surface area contributed by atoms with Gasteiger partial charge in [0.15, 0.2) is 0 Å². The van der Waals surface area contributed by atoms with Gasteiger partial charge in [-0.2, -0.15) is 0 Å². The molecule has 0 spiro atoms. The maximum absolute atomic E-state index is 11.1. The molecule has 1 N–H and O–H groups in total. The van der Waals surface area contributed by atoms with Crippen molar-refractivity contribution in [2.24, 2.45) is 0 Å². The van der Waals surface area contributed by atoms with Crippen LogP contribution < -0.4 is 11.3 Å². The molecule has 2 rings (SSSR count). The van der Waals surface area contributed by atoms with E-state index in [4.69, 9.17) is 9.31 Å². The van der Waals surface area contributed by atoms with Crippen molar-refractivity contribution in [2.75, 3.05) is 0 Å². The lowest BCUT2D eigenvalue weighted by Crippen LogP contribution is -2.41. The zero-order valence-electron chi connectivity index (χ0n) is 9.90. The second kappa shape index (κ2) is 3.43. The Morgan fingerprint density at radius 1 is 1.25 bits per heavy atom. The van der Waals surface area contributed by atoms with Gasteiger partial charge in [0.05, 0.1) is 16.8 Å². The van der Waals surface area contributed by atoms with Gasteiger partial charge < -0.3 is 14.3 Å². The van der Waals surface area contributed by atoms with Crippen LogP contribution in [-0.2, 0) is 9.31 Å². The third-order valence-corrected chi connectivity index (χ3v) is 3.20. The first kappa shape index (κ1) is 11.4. The summed E-state index contributed by atoms with van der Waals surface area (Å²) in [7, 11) is -0.541. The molecule has 16 heavy (non-hydrogen) atoms. The molecule has 1 fully saturated rings. The van der Waals surface area contributed by atoms with Crippen LogP contribution in [0.4, 0.5) is 0 Å². The summed E-state index contributed by atoms with van der Waals surface area (Å²) in [5.41, 5.74) is -0.610. The highest BCUT2D eigenvalue weighted by atomic mass is 16.7. The summed E-state index contributed by atoms with van der Waals surface area (Å²) in [6.07, 6.45) is 1.44. The lowest BCUT2D eigenvalue weighted by molar-refractivity contribution is 0.00578. The number of aromatic nitrogens is 2. The number of aromatic amines is 1. The van der Waals surface area contributed by atoms with Gasteiger partial charge in [0, 0.05) is 6.20 Å². The molecule has 0 atom stereocenters. The summed E-state index contributed by atoms with van der Waals surface area (Å²) in [6.45, 7) is 7.86. The van der Waals surface area contributed by atoms with Gasteiger partial charge in [0.2, 0.25) is 0 Å². The van der Waals surface area contributed by atoms with Crippen LogP contribution in [0.5, 0.6) is 0 Å². The van der Waals surface area contributed by atoms with Crippen molar-refractivity contribution in [2.45, 2.75) is 38.9 Å². The van der Waals surface area contributed by atoms with E-state index in [0.717, 1.165) is 0 Å². The summed E-state index contributed by atoms with van der Waals surface area (Å²) in [6, 6.07) is 1.68. The van der Waals surface area contributed by atoms with Crippen molar-refractivity contribution in [1.29, 1.82) is 0 Å². The van der Waals surface area contributed by atoms with E-state index in [1.165, 1.54) is 6.20 Å². The smallest absolute Gasteiger partial charge is 0.398 e. The van der Waals surface area contributed by atoms with Crippen LogP contribution in [0.25, 0.3) is 0 Å². The van der Waals surface area contributed by atoms with E-state index >= 15 is 0 Å². The standard InChI is InChI=1S/C10H15BN2O3/c1-9(2)10(3,4)16-11(15-9)7-5-6-12-8(14)13-7/h5-6H,1-4H3,(H,12,13,14). The topological polar surface area (TPSA) is 64.2 Å². The Morgan fingerprint density at radius 3 is 2.31 bits per heavy atom. The molecule has 5 nitrogen and oxygen atoms in total. The molecule has 1 saturated heterocycles. The average molecular weight is 222 g/mol. The van der Waals surface area contributed by atoms with Gasteiger partial charge in [-0.05, 0) is 33.8 Å². The summed E-state index contributed by atoms with van der Waals surface area (Å²) >= 11 is 0. The van der Waals surface area contributed by atoms with E-state index in [-0.39, 0.29) is 0 Å². The van der Waals surface area contributed by atoms with Crippen LogP contribution in [0.15, 0.2) is 17.1 Å². The van der Waals surface area contributed by atoms with Crippen molar-refractivity contribution in [3.8, 4) is 0 Å². The first-order valence-electron chi connectivity index (χ1n) is 5.23. The molecular weight excluding hydrogens is 207 g/mol. The highest BCUT2D eigenvalue weighted by Crippen LogP contribution is 2.36. The Bertz CT molecular complexity index is 439. The molecule has 0 amide bonds. The molecule has 1 aromatic rings.